The van der Waals surface area contributed by atoms with Gasteiger partial charge in [0.1, 0.15) is 0 Å². The number of hydrogen-bond donors (Lipinski definition) is 0. The summed E-state index contributed by atoms with van der Waals surface area (Å²) in [5, 5.41) is 0. The molecule has 0 aromatic carbocycles. The van der Waals surface area contributed by atoms with E-state index in [9.17, 15) is 18.0 Å². The molecular weight excluding hydrogens is 305 g/mol. The lowest BCUT2D eigenvalue weighted by molar-refractivity contribution is -0.187. The van der Waals surface area contributed by atoms with Crippen molar-refractivity contribution in [3.8, 4) is 0 Å². The minimum absolute atomic E-state index is 0.0169. The van der Waals surface area contributed by atoms with Gasteiger partial charge in [0.2, 0.25) is 5.91 Å². The number of aromatic nitrogens is 1. The SMILES string of the molecule is O=C(C1CCCC(C(F)(F)F)C1)N1CCCC1c1ccncc1. The van der Waals surface area contributed by atoms with Crippen molar-refractivity contribution in [2.24, 2.45) is 11.8 Å². The third-order valence-electron chi connectivity index (χ3n) is 5.11. The van der Waals surface area contributed by atoms with E-state index >= 15 is 0 Å². The third kappa shape index (κ3) is 3.51. The number of nitrogens with zero attached hydrogens (tertiary/aromatic N) is 2. The van der Waals surface area contributed by atoms with E-state index in [0.717, 1.165) is 18.4 Å². The molecule has 1 aromatic heterocycles. The predicted molar refractivity (Wildman–Crippen MR) is 79.4 cm³/mol. The summed E-state index contributed by atoms with van der Waals surface area (Å²) in [7, 11) is 0. The summed E-state index contributed by atoms with van der Waals surface area (Å²) in [6.45, 7) is 0.638. The molecular formula is C17H21F3N2O. The molecule has 1 aliphatic carbocycles. The molecule has 3 atom stereocenters. The molecule has 126 valence electrons. The lowest BCUT2D eigenvalue weighted by atomic mass is 9.80. The Hall–Kier alpha value is -1.59. The topological polar surface area (TPSA) is 33.2 Å². The smallest absolute Gasteiger partial charge is 0.335 e. The van der Waals surface area contributed by atoms with E-state index in [-0.39, 0.29) is 24.8 Å². The molecule has 1 aliphatic heterocycles. The molecule has 1 saturated carbocycles. The summed E-state index contributed by atoms with van der Waals surface area (Å²) in [4.78, 5) is 18.6. The minimum Gasteiger partial charge on any atom is -0.335 e. The van der Waals surface area contributed by atoms with Gasteiger partial charge in [-0.25, -0.2) is 0 Å². The van der Waals surface area contributed by atoms with E-state index in [1.165, 1.54) is 0 Å². The second-order valence-electron chi connectivity index (χ2n) is 6.57. The van der Waals surface area contributed by atoms with Crippen molar-refractivity contribution >= 4 is 5.91 Å². The molecule has 3 rings (SSSR count). The highest BCUT2D eigenvalue weighted by atomic mass is 19.4. The standard InChI is InChI=1S/C17H21F3N2O/c18-17(19,20)14-4-1-3-13(11-14)16(23)22-10-2-5-15(22)12-6-8-21-9-7-12/h6-9,13-15H,1-5,10-11H2. The average Bonchev–Trinajstić information content (AvgIpc) is 3.04. The van der Waals surface area contributed by atoms with Crippen molar-refractivity contribution in [2.45, 2.75) is 50.7 Å². The van der Waals surface area contributed by atoms with Crippen molar-refractivity contribution in [1.82, 2.24) is 9.88 Å². The summed E-state index contributed by atoms with van der Waals surface area (Å²) < 4.78 is 38.9. The Kier molecular flexibility index (Phi) is 4.60. The lowest BCUT2D eigenvalue weighted by Crippen LogP contribution is -2.40. The van der Waals surface area contributed by atoms with Crippen LogP contribution in [0.15, 0.2) is 24.5 Å². The molecule has 2 aliphatic rings. The molecule has 3 nitrogen and oxygen atoms in total. The Morgan fingerprint density at radius 2 is 1.87 bits per heavy atom. The summed E-state index contributed by atoms with van der Waals surface area (Å²) >= 11 is 0. The molecule has 1 aromatic rings. The number of halogens is 3. The summed E-state index contributed by atoms with van der Waals surface area (Å²) in [6, 6.07) is 3.75. The van der Waals surface area contributed by atoms with Crippen molar-refractivity contribution in [3.63, 3.8) is 0 Å². The van der Waals surface area contributed by atoms with Gasteiger partial charge >= 0.3 is 6.18 Å². The van der Waals surface area contributed by atoms with Crippen LogP contribution in [0.4, 0.5) is 13.2 Å². The van der Waals surface area contributed by atoms with Crippen LogP contribution in [0.5, 0.6) is 0 Å². The zero-order valence-corrected chi connectivity index (χ0v) is 12.9. The highest BCUT2D eigenvalue weighted by Crippen LogP contribution is 2.42. The normalized spacial score (nSPS) is 28.8. The molecule has 0 spiro atoms. The Bertz CT molecular complexity index is 547. The van der Waals surface area contributed by atoms with Crippen LogP contribution in [0, 0.1) is 11.8 Å². The Balaban J connectivity index is 1.72. The van der Waals surface area contributed by atoms with E-state index in [1.54, 1.807) is 17.3 Å². The van der Waals surface area contributed by atoms with Crippen molar-refractivity contribution in [1.29, 1.82) is 0 Å². The van der Waals surface area contributed by atoms with Gasteiger partial charge in [-0.15, -0.1) is 0 Å². The fourth-order valence-electron chi connectivity index (χ4n) is 3.91. The van der Waals surface area contributed by atoms with Gasteiger partial charge in [0.15, 0.2) is 0 Å². The highest BCUT2D eigenvalue weighted by molar-refractivity contribution is 5.79. The maximum atomic E-state index is 13.0. The lowest BCUT2D eigenvalue weighted by Gasteiger charge is -2.34. The molecule has 2 heterocycles. The molecule has 1 saturated heterocycles. The van der Waals surface area contributed by atoms with Gasteiger partial charge < -0.3 is 4.90 Å². The van der Waals surface area contributed by atoms with Gasteiger partial charge in [0, 0.05) is 24.9 Å². The molecule has 0 N–H and O–H groups in total. The molecule has 0 radical (unpaired) electrons. The first kappa shape index (κ1) is 16.3. The van der Waals surface area contributed by atoms with E-state index < -0.39 is 18.0 Å². The summed E-state index contributed by atoms with van der Waals surface area (Å²) in [5.41, 5.74) is 1.02. The van der Waals surface area contributed by atoms with Crippen molar-refractivity contribution in [2.75, 3.05) is 6.54 Å². The maximum Gasteiger partial charge on any atom is 0.391 e. The van der Waals surface area contributed by atoms with Crippen molar-refractivity contribution < 1.29 is 18.0 Å². The fourth-order valence-corrected chi connectivity index (χ4v) is 3.91. The number of alkyl halides is 3. The van der Waals surface area contributed by atoms with E-state index in [0.29, 0.717) is 19.4 Å². The van der Waals surface area contributed by atoms with Gasteiger partial charge in [-0.2, -0.15) is 13.2 Å². The second kappa shape index (κ2) is 6.49. The van der Waals surface area contributed by atoms with Crippen LogP contribution in [0.2, 0.25) is 0 Å². The monoisotopic (exact) mass is 326 g/mol. The molecule has 23 heavy (non-hydrogen) atoms. The van der Waals surface area contributed by atoms with Crippen LogP contribution in [0.25, 0.3) is 0 Å². The Morgan fingerprint density at radius 3 is 2.57 bits per heavy atom. The van der Waals surface area contributed by atoms with Crippen LogP contribution in [-0.4, -0.2) is 28.5 Å². The van der Waals surface area contributed by atoms with Gasteiger partial charge in [-0.05, 0) is 49.8 Å². The first-order valence-corrected chi connectivity index (χ1v) is 8.24. The van der Waals surface area contributed by atoms with E-state index in [1.807, 2.05) is 12.1 Å². The van der Waals surface area contributed by atoms with E-state index in [4.69, 9.17) is 0 Å². The number of likely N-dealkylation sites (tertiary alicyclic amines) is 1. The summed E-state index contributed by atoms with van der Waals surface area (Å²) in [6.07, 6.45) is 2.11. The number of carbonyl (C=O) groups is 1. The number of hydrogen-bond acceptors (Lipinski definition) is 2. The molecule has 2 fully saturated rings. The number of amides is 1. The van der Waals surface area contributed by atoms with Crippen molar-refractivity contribution in [3.05, 3.63) is 30.1 Å². The summed E-state index contributed by atoms with van der Waals surface area (Å²) in [5.74, 6) is -1.91. The zero-order chi connectivity index (χ0) is 16.4. The largest absolute Gasteiger partial charge is 0.391 e. The molecule has 6 heteroatoms. The second-order valence-corrected chi connectivity index (χ2v) is 6.57. The van der Waals surface area contributed by atoms with Gasteiger partial charge in [-0.1, -0.05) is 6.42 Å². The third-order valence-corrected chi connectivity index (χ3v) is 5.11. The van der Waals surface area contributed by atoms with Crippen LogP contribution >= 0.6 is 0 Å². The maximum absolute atomic E-state index is 13.0. The fraction of sp³-hybridized carbons (Fsp3) is 0.647. The van der Waals surface area contributed by atoms with Gasteiger partial charge in [0.05, 0.1) is 12.0 Å². The number of pyridine rings is 1. The molecule has 0 bridgehead atoms. The predicted octanol–water partition coefficient (Wildman–Crippen LogP) is 4.11. The van der Waals surface area contributed by atoms with Gasteiger partial charge in [-0.3, -0.25) is 9.78 Å². The van der Waals surface area contributed by atoms with E-state index in [2.05, 4.69) is 4.98 Å². The van der Waals surface area contributed by atoms with Crippen LogP contribution in [0.3, 0.4) is 0 Å². The van der Waals surface area contributed by atoms with Crippen LogP contribution in [0.1, 0.15) is 50.1 Å². The highest BCUT2D eigenvalue weighted by Gasteiger charge is 2.45. The molecule has 1 amide bonds. The van der Waals surface area contributed by atoms with Gasteiger partial charge in [0.25, 0.3) is 0 Å². The Morgan fingerprint density at radius 1 is 1.13 bits per heavy atom. The zero-order valence-electron chi connectivity index (χ0n) is 12.9. The number of rotatable bonds is 2. The van der Waals surface area contributed by atoms with Crippen LogP contribution < -0.4 is 0 Å². The Labute approximate surface area is 133 Å². The number of carbonyl (C=O) groups excluding carboxylic acids is 1. The minimum atomic E-state index is -4.19. The van der Waals surface area contributed by atoms with Crippen LogP contribution in [-0.2, 0) is 4.79 Å². The molecule has 3 unspecified atom stereocenters. The quantitative estimate of drug-likeness (QED) is 0.819. The average molecular weight is 326 g/mol. The first-order valence-electron chi connectivity index (χ1n) is 8.24. The first-order chi connectivity index (χ1) is 11.0.